The molecule has 0 radical (unpaired) electrons. The number of rotatable bonds is 7. The lowest BCUT2D eigenvalue weighted by molar-refractivity contribution is -0.111. The summed E-state index contributed by atoms with van der Waals surface area (Å²) in [5, 5.41) is 11.4. The minimum Gasteiger partial charge on any atom is -0.454 e. The lowest BCUT2D eigenvalue weighted by Crippen LogP contribution is -2.08. The van der Waals surface area contributed by atoms with Gasteiger partial charge in [-0.3, -0.25) is 4.79 Å². The van der Waals surface area contributed by atoms with E-state index in [-0.39, 0.29) is 5.91 Å². The molecule has 0 aliphatic carbocycles. The molecule has 0 saturated carbocycles. The molecule has 1 amide bonds. The van der Waals surface area contributed by atoms with Gasteiger partial charge in [0.1, 0.15) is 17.9 Å². The van der Waals surface area contributed by atoms with Crippen molar-refractivity contribution in [2.75, 3.05) is 10.6 Å². The standard InChI is InChI=1S/C29H24N8O2/c1-19-14-27-30-16-24(17-37(27)35-19)39-23-9-5-20(6-10-23)34-29-25-15-21(7-11-26(25)31-18-32-29)33-28(38)12-8-22-4-3-13-36(22)2/h3-18H,1-2H3,(H,33,38)(H,31,32,34)/b12-8+. The zero-order chi connectivity index (χ0) is 26.8. The minimum absolute atomic E-state index is 0.227. The Hall–Kier alpha value is -5.51. The summed E-state index contributed by atoms with van der Waals surface area (Å²) in [5.74, 6) is 1.63. The van der Waals surface area contributed by atoms with Crippen molar-refractivity contribution >= 4 is 45.7 Å². The molecule has 6 aromatic rings. The van der Waals surface area contributed by atoms with Gasteiger partial charge in [-0.05, 0) is 67.6 Å². The third-order valence-corrected chi connectivity index (χ3v) is 6.06. The number of amides is 1. The SMILES string of the molecule is Cc1cc2ncc(Oc3ccc(Nc4ncnc5ccc(NC(=O)/C=C/c6cccn6C)cc45)cc3)cn2n1. The molecule has 192 valence electrons. The average Bonchev–Trinajstić information content (AvgIpc) is 3.52. The molecule has 10 nitrogen and oxygen atoms in total. The summed E-state index contributed by atoms with van der Waals surface area (Å²) < 4.78 is 9.58. The summed E-state index contributed by atoms with van der Waals surface area (Å²) in [7, 11) is 1.93. The van der Waals surface area contributed by atoms with Crippen molar-refractivity contribution in [3.8, 4) is 11.5 Å². The number of benzene rings is 2. The van der Waals surface area contributed by atoms with E-state index in [9.17, 15) is 4.79 Å². The highest BCUT2D eigenvalue weighted by Crippen LogP contribution is 2.28. The largest absolute Gasteiger partial charge is 0.454 e. The van der Waals surface area contributed by atoms with Crippen LogP contribution < -0.4 is 15.4 Å². The van der Waals surface area contributed by atoms with Crippen LogP contribution in [0.25, 0.3) is 22.6 Å². The van der Waals surface area contributed by atoms with Crippen LogP contribution in [0, 0.1) is 6.92 Å². The number of carbonyl (C=O) groups is 1. The molecule has 0 spiro atoms. The van der Waals surface area contributed by atoms with Crippen LogP contribution in [0.1, 0.15) is 11.4 Å². The van der Waals surface area contributed by atoms with Crippen molar-refractivity contribution < 1.29 is 9.53 Å². The van der Waals surface area contributed by atoms with Gasteiger partial charge in [0, 0.05) is 47.8 Å². The van der Waals surface area contributed by atoms with E-state index in [2.05, 4.69) is 30.7 Å². The molecule has 0 atom stereocenters. The normalized spacial score (nSPS) is 11.3. The highest BCUT2D eigenvalue weighted by molar-refractivity contribution is 6.03. The first-order valence-corrected chi connectivity index (χ1v) is 12.2. The molecule has 0 fully saturated rings. The second kappa shape index (κ2) is 10.1. The Morgan fingerprint density at radius 3 is 2.64 bits per heavy atom. The molecular weight excluding hydrogens is 492 g/mol. The van der Waals surface area contributed by atoms with Crippen LogP contribution in [0.3, 0.4) is 0 Å². The number of hydrogen-bond acceptors (Lipinski definition) is 7. The molecule has 2 N–H and O–H groups in total. The highest BCUT2D eigenvalue weighted by Gasteiger charge is 2.08. The summed E-state index contributed by atoms with van der Waals surface area (Å²) in [6.07, 6.45) is 10.2. The third-order valence-electron chi connectivity index (χ3n) is 6.06. The molecule has 0 aliphatic rings. The van der Waals surface area contributed by atoms with Crippen LogP contribution in [-0.2, 0) is 11.8 Å². The van der Waals surface area contributed by atoms with Gasteiger partial charge in [-0.2, -0.15) is 5.10 Å². The van der Waals surface area contributed by atoms with E-state index in [1.54, 1.807) is 23.0 Å². The first-order chi connectivity index (χ1) is 19.0. The summed E-state index contributed by atoms with van der Waals surface area (Å²) >= 11 is 0. The van der Waals surface area contributed by atoms with E-state index in [0.717, 1.165) is 33.6 Å². The van der Waals surface area contributed by atoms with Crippen molar-refractivity contribution in [1.82, 2.24) is 29.1 Å². The van der Waals surface area contributed by atoms with Gasteiger partial charge in [0.15, 0.2) is 11.4 Å². The van der Waals surface area contributed by atoms with Crippen molar-refractivity contribution in [3.63, 3.8) is 0 Å². The predicted molar refractivity (Wildman–Crippen MR) is 150 cm³/mol. The Kier molecular flexibility index (Phi) is 6.18. The van der Waals surface area contributed by atoms with Gasteiger partial charge in [0.05, 0.1) is 23.6 Å². The molecule has 0 saturated heterocycles. The molecule has 10 heteroatoms. The maximum Gasteiger partial charge on any atom is 0.248 e. The van der Waals surface area contributed by atoms with Crippen LogP contribution >= 0.6 is 0 Å². The number of nitrogens with one attached hydrogen (secondary N) is 2. The number of nitrogens with zero attached hydrogens (tertiary/aromatic N) is 6. The monoisotopic (exact) mass is 516 g/mol. The summed E-state index contributed by atoms with van der Waals surface area (Å²) in [6.45, 7) is 1.92. The van der Waals surface area contributed by atoms with Crippen molar-refractivity contribution in [2.24, 2.45) is 7.05 Å². The van der Waals surface area contributed by atoms with Gasteiger partial charge < -0.3 is 19.9 Å². The zero-order valence-electron chi connectivity index (χ0n) is 21.2. The first-order valence-electron chi connectivity index (χ1n) is 12.2. The smallest absolute Gasteiger partial charge is 0.248 e. The first kappa shape index (κ1) is 23.9. The van der Waals surface area contributed by atoms with E-state index in [1.807, 2.05) is 85.4 Å². The number of ether oxygens (including phenoxy) is 1. The fourth-order valence-electron chi connectivity index (χ4n) is 4.14. The van der Waals surface area contributed by atoms with Crippen molar-refractivity contribution in [2.45, 2.75) is 6.92 Å². The highest BCUT2D eigenvalue weighted by atomic mass is 16.5. The molecular formula is C29H24N8O2. The van der Waals surface area contributed by atoms with Gasteiger partial charge in [0.25, 0.3) is 0 Å². The molecule has 0 unspecified atom stereocenters. The van der Waals surface area contributed by atoms with E-state index in [0.29, 0.717) is 23.0 Å². The molecule has 2 aromatic carbocycles. The van der Waals surface area contributed by atoms with Gasteiger partial charge in [-0.25, -0.2) is 19.5 Å². The zero-order valence-corrected chi connectivity index (χ0v) is 21.2. The number of hydrogen-bond donors (Lipinski definition) is 2. The van der Waals surface area contributed by atoms with Crippen LogP contribution in [-0.4, -0.2) is 35.0 Å². The number of aryl methyl sites for hydroxylation is 2. The van der Waals surface area contributed by atoms with Crippen molar-refractivity contribution in [1.29, 1.82) is 0 Å². The number of fused-ring (bicyclic) bond motifs is 2. The van der Waals surface area contributed by atoms with Crippen LogP contribution in [0.4, 0.5) is 17.2 Å². The van der Waals surface area contributed by atoms with Crippen molar-refractivity contribution in [3.05, 3.63) is 103 Å². The average molecular weight is 517 g/mol. The lowest BCUT2D eigenvalue weighted by Gasteiger charge is -2.11. The number of aromatic nitrogens is 6. The minimum atomic E-state index is -0.227. The topological polar surface area (TPSA) is 111 Å². The van der Waals surface area contributed by atoms with E-state index < -0.39 is 0 Å². The summed E-state index contributed by atoms with van der Waals surface area (Å²) in [6, 6.07) is 18.8. The van der Waals surface area contributed by atoms with Gasteiger partial charge in [-0.15, -0.1) is 0 Å². The Labute approximate surface area is 223 Å². The quantitative estimate of drug-likeness (QED) is 0.269. The Bertz CT molecular complexity index is 1840. The van der Waals surface area contributed by atoms with Gasteiger partial charge in [0.2, 0.25) is 5.91 Å². The summed E-state index contributed by atoms with van der Waals surface area (Å²) in [4.78, 5) is 25.6. The predicted octanol–water partition coefficient (Wildman–Crippen LogP) is 5.51. The van der Waals surface area contributed by atoms with Crippen LogP contribution in [0.5, 0.6) is 11.5 Å². The Balaban J connectivity index is 1.16. The summed E-state index contributed by atoms with van der Waals surface area (Å²) in [5.41, 5.74) is 4.80. The molecule has 0 aliphatic heterocycles. The molecule has 6 rings (SSSR count). The molecule has 4 aromatic heterocycles. The second-order valence-corrected chi connectivity index (χ2v) is 8.95. The Morgan fingerprint density at radius 1 is 0.974 bits per heavy atom. The van der Waals surface area contributed by atoms with Crippen LogP contribution in [0.15, 0.2) is 91.7 Å². The van der Waals surface area contributed by atoms with E-state index in [1.165, 1.54) is 12.4 Å². The molecule has 0 bridgehead atoms. The number of carbonyl (C=O) groups excluding carboxylic acids is 1. The molecule has 39 heavy (non-hydrogen) atoms. The maximum atomic E-state index is 12.5. The number of anilines is 3. The molecule has 4 heterocycles. The van der Waals surface area contributed by atoms with Gasteiger partial charge >= 0.3 is 0 Å². The van der Waals surface area contributed by atoms with E-state index >= 15 is 0 Å². The van der Waals surface area contributed by atoms with E-state index in [4.69, 9.17) is 4.74 Å². The van der Waals surface area contributed by atoms with Crippen LogP contribution in [0.2, 0.25) is 0 Å². The fraction of sp³-hybridized carbons (Fsp3) is 0.0690. The maximum absolute atomic E-state index is 12.5. The fourth-order valence-corrected chi connectivity index (χ4v) is 4.14. The Morgan fingerprint density at radius 2 is 1.82 bits per heavy atom. The lowest BCUT2D eigenvalue weighted by atomic mass is 10.2. The second-order valence-electron chi connectivity index (χ2n) is 8.95. The third kappa shape index (κ3) is 5.30. The van der Waals surface area contributed by atoms with Gasteiger partial charge in [-0.1, -0.05) is 0 Å².